The first-order valence-corrected chi connectivity index (χ1v) is 7.13. The van der Waals surface area contributed by atoms with Crippen molar-refractivity contribution in [1.29, 1.82) is 0 Å². The predicted octanol–water partition coefficient (Wildman–Crippen LogP) is 2.72. The third kappa shape index (κ3) is 5.03. The summed E-state index contributed by atoms with van der Waals surface area (Å²) in [6.45, 7) is 3.40. The van der Waals surface area contributed by atoms with E-state index in [1.165, 1.54) is 45.1 Å². The zero-order chi connectivity index (χ0) is 11.9. The summed E-state index contributed by atoms with van der Waals surface area (Å²) >= 11 is 6.15. The van der Waals surface area contributed by atoms with Gasteiger partial charge in [-0.2, -0.15) is 0 Å². The van der Waals surface area contributed by atoms with Gasteiger partial charge in [-0.1, -0.05) is 19.3 Å². The topological polar surface area (TPSA) is 15.3 Å². The molecule has 1 rings (SSSR count). The molecule has 1 saturated carbocycles. The molecule has 0 amide bonds. The van der Waals surface area contributed by atoms with Crippen LogP contribution in [0.4, 0.5) is 0 Å². The van der Waals surface area contributed by atoms with E-state index in [0.29, 0.717) is 5.41 Å². The molecule has 0 heterocycles. The van der Waals surface area contributed by atoms with Gasteiger partial charge < -0.3 is 10.2 Å². The molecule has 1 fully saturated rings. The monoisotopic (exact) mass is 246 g/mol. The molecule has 0 bridgehead atoms. The molecule has 1 N–H and O–H groups in total. The highest BCUT2D eigenvalue weighted by Crippen LogP contribution is 2.36. The molecule has 1 aliphatic carbocycles. The summed E-state index contributed by atoms with van der Waals surface area (Å²) in [5.41, 5.74) is 0.401. The van der Waals surface area contributed by atoms with Gasteiger partial charge in [0.2, 0.25) is 0 Å². The summed E-state index contributed by atoms with van der Waals surface area (Å²) in [6.07, 6.45) is 8.00. The van der Waals surface area contributed by atoms with Crippen LogP contribution in [-0.4, -0.2) is 44.5 Å². The van der Waals surface area contributed by atoms with Crippen molar-refractivity contribution >= 4 is 11.6 Å². The van der Waals surface area contributed by atoms with Crippen molar-refractivity contribution in [2.45, 2.75) is 38.5 Å². The average Bonchev–Trinajstić information content (AvgIpc) is 2.29. The average molecular weight is 247 g/mol. The highest BCUT2D eigenvalue weighted by atomic mass is 35.5. The molecule has 2 nitrogen and oxygen atoms in total. The van der Waals surface area contributed by atoms with Gasteiger partial charge in [0.1, 0.15) is 0 Å². The minimum atomic E-state index is 0.401. The van der Waals surface area contributed by atoms with Crippen molar-refractivity contribution in [3.63, 3.8) is 0 Å². The second-order valence-electron chi connectivity index (χ2n) is 5.53. The normalized spacial score (nSPS) is 20.2. The van der Waals surface area contributed by atoms with Gasteiger partial charge in [-0.3, -0.25) is 0 Å². The highest BCUT2D eigenvalue weighted by molar-refractivity contribution is 6.18. The third-order valence-corrected chi connectivity index (χ3v) is 4.22. The lowest BCUT2D eigenvalue weighted by atomic mass is 9.75. The first kappa shape index (κ1) is 14.3. The Hall–Kier alpha value is 0.210. The maximum atomic E-state index is 6.15. The largest absolute Gasteiger partial charge is 0.316 e. The zero-order valence-corrected chi connectivity index (χ0v) is 11.7. The summed E-state index contributed by atoms with van der Waals surface area (Å²) in [5.74, 6) is 0.827. The molecule has 0 radical (unpaired) electrons. The Kier molecular flexibility index (Phi) is 6.71. The van der Waals surface area contributed by atoms with Crippen molar-refractivity contribution < 1.29 is 0 Å². The van der Waals surface area contributed by atoms with Gasteiger partial charge in [0, 0.05) is 12.4 Å². The van der Waals surface area contributed by atoms with E-state index in [1.54, 1.807) is 0 Å². The molecular weight excluding hydrogens is 220 g/mol. The van der Waals surface area contributed by atoms with Crippen molar-refractivity contribution in [3.05, 3.63) is 0 Å². The smallest absolute Gasteiger partial charge is 0.0292 e. The lowest BCUT2D eigenvalue weighted by molar-refractivity contribution is 0.211. The molecule has 3 heteroatoms. The number of hydrogen-bond acceptors (Lipinski definition) is 2. The Morgan fingerprint density at radius 2 is 1.88 bits per heavy atom. The first-order valence-electron chi connectivity index (χ1n) is 6.60. The van der Waals surface area contributed by atoms with Crippen LogP contribution in [0.1, 0.15) is 38.5 Å². The van der Waals surface area contributed by atoms with Crippen molar-refractivity contribution in [1.82, 2.24) is 10.2 Å². The van der Waals surface area contributed by atoms with E-state index in [-0.39, 0.29) is 0 Å². The second kappa shape index (κ2) is 7.52. The van der Waals surface area contributed by atoms with Crippen LogP contribution in [0.15, 0.2) is 0 Å². The molecule has 0 aromatic rings. The fourth-order valence-corrected chi connectivity index (χ4v) is 2.90. The van der Waals surface area contributed by atoms with Crippen LogP contribution in [-0.2, 0) is 0 Å². The molecule has 0 aromatic carbocycles. The Bertz CT molecular complexity index is 177. The SMILES string of the molecule is CN(C)CCCNCC1(CCl)CCCCC1. The molecule has 0 spiro atoms. The maximum absolute atomic E-state index is 6.15. The van der Waals surface area contributed by atoms with Crippen molar-refractivity contribution in [2.75, 3.05) is 39.6 Å². The number of hydrogen-bond donors (Lipinski definition) is 1. The van der Waals surface area contributed by atoms with E-state index in [9.17, 15) is 0 Å². The van der Waals surface area contributed by atoms with Crippen molar-refractivity contribution in [2.24, 2.45) is 5.41 Å². The number of halogens is 1. The molecule has 0 aromatic heterocycles. The summed E-state index contributed by atoms with van der Waals surface area (Å²) in [7, 11) is 4.25. The molecule has 96 valence electrons. The van der Waals surface area contributed by atoms with Gasteiger partial charge in [-0.15, -0.1) is 11.6 Å². The number of rotatable bonds is 7. The van der Waals surface area contributed by atoms with E-state index in [4.69, 9.17) is 11.6 Å². The van der Waals surface area contributed by atoms with E-state index in [1.807, 2.05) is 0 Å². The van der Waals surface area contributed by atoms with Gasteiger partial charge in [-0.25, -0.2) is 0 Å². The minimum absolute atomic E-state index is 0.401. The van der Waals surface area contributed by atoms with E-state index < -0.39 is 0 Å². The molecular formula is C13H27ClN2. The quantitative estimate of drug-likeness (QED) is 0.549. The number of nitrogens with zero attached hydrogens (tertiary/aromatic N) is 1. The summed E-state index contributed by atoms with van der Waals surface area (Å²) < 4.78 is 0. The van der Waals surface area contributed by atoms with Crippen LogP contribution in [0.3, 0.4) is 0 Å². The molecule has 0 unspecified atom stereocenters. The van der Waals surface area contributed by atoms with E-state index >= 15 is 0 Å². The van der Waals surface area contributed by atoms with Crippen LogP contribution in [0, 0.1) is 5.41 Å². The van der Waals surface area contributed by atoms with Crippen LogP contribution in [0.5, 0.6) is 0 Å². The van der Waals surface area contributed by atoms with Crippen molar-refractivity contribution in [3.8, 4) is 0 Å². The van der Waals surface area contributed by atoms with Gasteiger partial charge in [0.05, 0.1) is 0 Å². The third-order valence-electron chi connectivity index (χ3n) is 3.66. The summed E-state index contributed by atoms with van der Waals surface area (Å²) in [5, 5.41) is 3.59. The Morgan fingerprint density at radius 3 is 2.44 bits per heavy atom. The Labute approximate surface area is 106 Å². The van der Waals surface area contributed by atoms with E-state index in [0.717, 1.165) is 19.0 Å². The highest BCUT2D eigenvalue weighted by Gasteiger charge is 2.30. The lowest BCUT2D eigenvalue weighted by Gasteiger charge is -2.35. The van der Waals surface area contributed by atoms with Gasteiger partial charge in [0.15, 0.2) is 0 Å². The van der Waals surface area contributed by atoms with Crippen LogP contribution >= 0.6 is 11.6 Å². The Morgan fingerprint density at radius 1 is 1.19 bits per heavy atom. The molecule has 0 saturated heterocycles. The van der Waals surface area contributed by atoms with E-state index in [2.05, 4.69) is 24.3 Å². The fourth-order valence-electron chi connectivity index (χ4n) is 2.53. The van der Waals surface area contributed by atoms with Crippen LogP contribution < -0.4 is 5.32 Å². The summed E-state index contributed by atoms with van der Waals surface area (Å²) in [6, 6.07) is 0. The van der Waals surface area contributed by atoms with Gasteiger partial charge in [-0.05, 0) is 51.9 Å². The molecule has 16 heavy (non-hydrogen) atoms. The first-order chi connectivity index (χ1) is 7.68. The predicted molar refractivity (Wildman–Crippen MR) is 72.3 cm³/mol. The standard InChI is InChI=1S/C13H27ClN2/c1-16(2)10-6-9-15-12-13(11-14)7-4-3-5-8-13/h15H,3-12H2,1-2H3. The molecule has 1 aliphatic rings. The maximum Gasteiger partial charge on any atom is 0.0292 e. The Balaban J connectivity index is 2.13. The lowest BCUT2D eigenvalue weighted by Crippen LogP contribution is -2.38. The van der Waals surface area contributed by atoms with Gasteiger partial charge in [0.25, 0.3) is 0 Å². The van der Waals surface area contributed by atoms with Gasteiger partial charge >= 0.3 is 0 Å². The number of nitrogens with one attached hydrogen (secondary N) is 1. The van der Waals surface area contributed by atoms with Crippen LogP contribution in [0.2, 0.25) is 0 Å². The summed E-state index contributed by atoms with van der Waals surface area (Å²) in [4.78, 5) is 2.24. The zero-order valence-electron chi connectivity index (χ0n) is 10.9. The fraction of sp³-hybridized carbons (Fsp3) is 1.00. The molecule has 0 atom stereocenters. The second-order valence-corrected chi connectivity index (χ2v) is 5.80. The van der Waals surface area contributed by atoms with Crippen LogP contribution in [0.25, 0.3) is 0 Å². The molecule has 0 aliphatic heterocycles. The number of alkyl halides is 1. The minimum Gasteiger partial charge on any atom is -0.316 e.